The Bertz CT molecular complexity index is 2200. The highest BCUT2D eigenvalue weighted by Crippen LogP contribution is 2.64. The van der Waals surface area contributed by atoms with E-state index in [1.807, 2.05) is 30.3 Å². The van der Waals surface area contributed by atoms with Gasteiger partial charge in [0.25, 0.3) is 0 Å². The number of carbonyl (C=O) groups is 1. The lowest BCUT2D eigenvalue weighted by Gasteiger charge is -2.33. The number of hydrogen-bond acceptors (Lipinski definition) is 8. The van der Waals surface area contributed by atoms with Gasteiger partial charge in [0.05, 0.1) is 23.0 Å². The molecule has 0 N–H and O–H groups in total. The monoisotopic (exact) mass is 626 g/mol. The molecule has 5 heterocycles. The zero-order valence-electron chi connectivity index (χ0n) is 22.6. The van der Waals surface area contributed by atoms with E-state index in [4.69, 9.17) is 46.2 Å². The van der Waals surface area contributed by atoms with Crippen LogP contribution < -0.4 is 20.3 Å². The van der Waals surface area contributed by atoms with E-state index >= 15 is 0 Å². The van der Waals surface area contributed by atoms with Crippen molar-refractivity contribution in [2.45, 2.75) is 24.2 Å². The van der Waals surface area contributed by atoms with Gasteiger partial charge in [0.2, 0.25) is 22.4 Å². The van der Waals surface area contributed by atoms with Gasteiger partial charge >= 0.3 is 0 Å². The maximum atomic E-state index is 13.5. The maximum absolute atomic E-state index is 13.5. The van der Waals surface area contributed by atoms with E-state index in [-0.39, 0.29) is 46.0 Å². The van der Waals surface area contributed by atoms with Crippen molar-refractivity contribution in [1.82, 2.24) is 0 Å². The molecule has 7 atom stereocenters. The van der Waals surface area contributed by atoms with Gasteiger partial charge in [-0.15, -0.1) is 0 Å². The Hall–Kier alpha value is -4.53. The van der Waals surface area contributed by atoms with E-state index < -0.39 is 18.3 Å². The van der Waals surface area contributed by atoms with E-state index in [1.54, 1.807) is 42.7 Å². The number of fused-ring (bicyclic) bond motifs is 8. The van der Waals surface area contributed by atoms with E-state index in [9.17, 15) is 14.4 Å². The molecular weight excluding hydrogens is 607 g/mol. The summed E-state index contributed by atoms with van der Waals surface area (Å²) in [5.74, 6) is -0.0449. The number of halogens is 2. The molecule has 0 bridgehead atoms. The summed E-state index contributed by atoms with van der Waals surface area (Å²) < 4.78 is 30.7. The number of ether oxygens (including phenoxy) is 3. The summed E-state index contributed by atoms with van der Waals surface area (Å²) in [6.45, 7) is 0. The van der Waals surface area contributed by atoms with Crippen molar-refractivity contribution in [3.8, 4) is 11.5 Å². The van der Waals surface area contributed by atoms with Crippen LogP contribution in [-0.2, 0) is 9.53 Å². The van der Waals surface area contributed by atoms with Crippen LogP contribution in [0.3, 0.4) is 0 Å². The molecule has 8 nitrogen and oxygen atoms in total. The molecule has 0 radical (unpaired) electrons. The highest BCUT2D eigenvalue weighted by Gasteiger charge is 2.62. The van der Waals surface area contributed by atoms with Crippen LogP contribution in [0.1, 0.15) is 46.9 Å². The summed E-state index contributed by atoms with van der Waals surface area (Å²) in [6.07, 6.45) is 2.81. The highest BCUT2D eigenvalue weighted by atomic mass is 35.5. The van der Waals surface area contributed by atoms with E-state index in [0.717, 1.165) is 17.4 Å². The van der Waals surface area contributed by atoms with Gasteiger partial charge in [-0.3, -0.25) is 9.59 Å². The third-order valence-corrected chi connectivity index (χ3v) is 9.65. The standard InChI is InChI=1S/C34H20Cl2O8/c35-16-5-7-22-19(11-16)26(38)32-31(41-22)25-21(13-37)24(25)29(44-32)15-3-1-14(2-4-15)28-18-9-10-40-30(18)34-33(43-28)27(39)20-12-17(36)6-8-23(20)42-34/h1-13,18,21,24-25,28-30H/t18-,21+,24+,25-,28+,29-,30-/m1/s1. The predicted molar refractivity (Wildman–Crippen MR) is 160 cm³/mol. The summed E-state index contributed by atoms with van der Waals surface area (Å²) in [6, 6.07) is 17.4. The molecule has 5 aromatic rings. The first-order chi connectivity index (χ1) is 21.4. The first kappa shape index (κ1) is 25.9. The minimum Gasteiger partial charge on any atom is -0.489 e. The highest BCUT2D eigenvalue weighted by molar-refractivity contribution is 6.31. The molecule has 0 amide bonds. The lowest BCUT2D eigenvalue weighted by molar-refractivity contribution is -0.109. The topological polar surface area (TPSA) is 105 Å². The second kappa shape index (κ2) is 9.24. The Morgan fingerprint density at radius 1 is 0.682 bits per heavy atom. The molecule has 10 heteroatoms. The average Bonchev–Trinajstić information content (AvgIpc) is 3.57. The van der Waals surface area contributed by atoms with Crippen LogP contribution in [0.25, 0.3) is 21.9 Å². The molecule has 0 unspecified atom stereocenters. The molecule has 0 saturated heterocycles. The predicted octanol–water partition coefficient (Wildman–Crippen LogP) is 7.20. The largest absolute Gasteiger partial charge is 0.489 e. The van der Waals surface area contributed by atoms with Crippen molar-refractivity contribution in [3.05, 3.63) is 126 Å². The Labute approximate surface area is 258 Å². The summed E-state index contributed by atoms with van der Waals surface area (Å²) in [4.78, 5) is 39.0. The molecule has 218 valence electrons. The fraction of sp³-hybridized carbons (Fsp3) is 0.206. The SMILES string of the molecule is O=C[C@@H]1[C@H]2c3oc4ccc(Cl)cc4c(=O)c3O[C@H](c3ccc([C@@H]4Oc5c(oc6ccc(Cl)cc6c5=O)[C@@H]5OC=C[C@H]45)cc3)[C@@H]12. The van der Waals surface area contributed by atoms with Crippen LogP contribution in [0.4, 0.5) is 0 Å². The van der Waals surface area contributed by atoms with Crippen molar-refractivity contribution < 1.29 is 27.8 Å². The van der Waals surface area contributed by atoms with Gasteiger partial charge in [0.1, 0.15) is 29.7 Å². The number of rotatable bonds is 3. The van der Waals surface area contributed by atoms with Gasteiger partial charge < -0.3 is 27.8 Å². The molecule has 1 fully saturated rings. The van der Waals surface area contributed by atoms with Gasteiger partial charge in [0, 0.05) is 27.8 Å². The van der Waals surface area contributed by atoms with Gasteiger partial charge in [-0.05, 0) is 53.6 Å². The molecule has 0 spiro atoms. The lowest BCUT2D eigenvalue weighted by Crippen LogP contribution is -2.30. The average molecular weight is 627 g/mol. The maximum Gasteiger partial charge on any atom is 0.235 e. The second-order valence-corrected chi connectivity index (χ2v) is 12.4. The molecule has 3 aromatic carbocycles. The van der Waals surface area contributed by atoms with Gasteiger partial charge in [-0.2, -0.15) is 0 Å². The van der Waals surface area contributed by atoms with Crippen molar-refractivity contribution in [2.24, 2.45) is 17.8 Å². The number of aldehydes is 1. The Balaban J connectivity index is 1.08. The summed E-state index contributed by atoms with van der Waals surface area (Å²) in [5, 5.41) is 1.48. The zero-order valence-corrected chi connectivity index (χ0v) is 24.1. The normalized spacial score (nSPS) is 27.4. The first-order valence-electron chi connectivity index (χ1n) is 14.1. The van der Waals surface area contributed by atoms with Crippen LogP contribution in [0, 0.1) is 17.8 Å². The van der Waals surface area contributed by atoms with E-state index in [0.29, 0.717) is 43.5 Å². The van der Waals surface area contributed by atoms with Crippen molar-refractivity contribution >= 4 is 51.4 Å². The minimum absolute atomic E-state index is 0.0970. The first-order valence-corrected chi connectivity index (χ1v) is 14.9. The number of benzene rings is 3. The molecule has 3 aliphatic heterocycles. The lowest BCUT2D eigenvalue weighted by atomic mass is 9.87. The number of carbonyl (C=O) groups excluding carboxylic acids is 1. The zero-order chi connectivity index (χ0) is 29.9. The minimum atomic E-state index is -0.535. The fourth-order valence-corrected chi connectivity index (χ4v) is 7.36. The summed E-state index contributed by atoms with van der Waals surface area (Å²) >= 11 is 12.3. The van der Waals surface area contributed by atoms with Crippen LogP contribution in [-0.4, -0.2) is 6.29 Å². The smallest absolute Gasteiger partial charge is 0.235 e. The molecule has 1 aliphatic carbocycles. The molecule has 9 rings (SSSR count). The molecule has 2 aromatic heterocycles. The Morgan fingerprint density at radius 2 is 1.25 bits per heavy atom. The third-order valence-electron chi connectivity index (χ3n) is 9.18. The van der Waals surface area contributed by atoms with E-state index in [2.05, 4.69) is 0 Å². The van der Waals surface area contributed by atoms with Gasteiger partial charge in [-0.1, -0.05) is 47.5 Å². The fourth-order valence-electron chi connectivity index (χ4n) is 7.02. The molecule has 44 heavy (non-hydrogen) atoms. The second-order valence-electron chi connectivity index (χ2n) is 11.6. The van der Waals surface area contributed by atoms with Crippen LogP contribution in [0.5, 0.6) is 11.5 Å². The Kier molecular flexibility index (Phi) is 5.44. The van der Waals surface area contributed by atoms with Crippen molar-refractivity contribution in [2.75, 3.05) is 0 Å². The van der Waals surface area contributed by atoms with Crippen molar-refractivity contribution in [3.63, 3.8) is 0 Å². The molecule has 4 aliphatic rings. The van der Waals surface area contributed by atoms with Crippen LogP contribution in [0.2, 0.25) is 10.0 Å². The molecular formula is C34H20Cl2O8. The Morgan fingerprint density at radius 3 is 1.89 bits per heavy atom. The number of hydrogen-bond donors (Lipinski definition) is 0. The van der Waals surface area contributed by atoms with Crippen LogP contribution >= 0.6 is 23.2 Å². The summed E-state index contributed by atoms with van der Waals surface area (Å²) in [5.41, 5.74) is 1.79. The molecule has 1 saturated carbocycles. The quantitative estimate of drug-likeness (QED) is 0.194. The van der Waals surface area contributed by atoms with Crippen molar-refractivity contribution in [1.29, 1.82) is 0 Å². The van der Waals surface area contributed by atoms with Gasteiger partial charge in [-0.25, -0.2) is 0 Å². The van der Waals surface area contributed by atoms with E-state index in [1.165, 1.54) is 0 Å². The summed E-state index contributed by atoms with van der Waals surface area (Å²) in [7, 11) is 0. The third kappa shape index (κ3) is 3.61. The van der Waals surface area contributed by atoms with Crippen LogP contribution in [0.15, 0.2) is 91.4 Å². The van der Waals surface area contributed by atoms with Gasteiger partial charge in [0.15, 0.2) is 17.6 Å².